The maximum atomic E-state index is 12.1. The zero-order chi connectivity index (χ0) is 15.9. The van der Waals surface area contributed by atoms with Crippen LogP contribution < -0.4 is 5.32 Å². The minimum atomic E-state index is -0.227. The highest BCUT2D eigenvalue weighted by Crippen LogP contribution is 2.31. The summed E-state index contributed by atoms with van der Waals surface area (Å²) in [6.45, 7) is 4.36. The van der Waals surface area contributed by atoms with Gasteiger partial charge in [-0.1, -0.05) is 71.6 Å². The Hall–Kier alpha value is -0.760. The summed E-state index contributed by atoms with van der Waals surface area (Å²) in [5, 5.41) is 11.5. The highest BCUT2D eigenvalue weighted by Gasteiger charge is 2.17. The van der Waals surface area contributed by atoms with Gasteiger partial charge < -0.3 is 5.32 Å². The third-order valence-corrected chi connectivity index (χ3v) is 6.21. The molecular formula is C14H16ClN3OS3. The predicted molar refractivity (Wildman–Crippen MR) is 94.9 cm³/mol. The van der Waals surface area contributed by atoms with Gasteiger partial charge in [0.2, 0.25) is 5.91 Å². The van der Waals surface area contributed by atoms with Crippen molar-refractivity contribution in [3.8, 4) is 0 Å². The molecule has 0 aliphatic heterocycles. The van der Waals surface area contributed by atoms with Crippen LogP contribution in [0.2, 0.25) is 5.02 Å². The molecule has 118 valence electrons. The average Bonchev–Trinajstić information content (AvgIpc) is 2.93. The van der Waals surface area contributed by atoms with Gasteiger partial charge in [-0.15, -0.1) is 10.2 Å². The molecule has 22 heavy (non-hydrogen) atoms. The van der Waals surface area contributed by atoms with Crippen LogP contribution in [0.15, 0.2) is 32.9 Å². The highest BCUT2D eigenvalue weighted by atomic mass is 35.5. The second-order valence-electron chi connectivity index (χ2n) is 4.34. The Kier molecular flexibility index (Phi) is 7.01. The van der Waals surface area contributed by atoms with E-state index < -0.39 is 0 Å². The summed E-state index contributed by atoms with van der Waals surface area (Å²) in [5.74, 6) is 0.928. The van der Waals surface area contributed by atoms with Gasteiger partial charge in [0.1, 0.15) is 0 Å². The molecule has 1 N–H and O–H groups in total. The number of carbonyl (C=O) groups is 1. The third kappa shape index (κ3) is 5.15. The molecule has 4 nitrogen and oxygen atoms in total. The van der Waals surface area contributed by atoms with Crippen molar-refractivity contribution < 1.29 is 4.79 Å². The topological polar surface area (TPSA) is 54.9 Å². The molecule has 0 spiro atoms. The molecule has 0 aliphatic carbocycles. The maximum Gasteiger partial charge on any atom is 0.233 e. The van der Waals surface area contributed by atoms with Crippen molar-refractivity contribution in [2.75, 3.05) is 5.75 Å². The number of nitrogens with one attached hydrogen (secondary N) is 1. The first-order valence-corrected chi connectivity index (χ1v) is 9.80. The van der Waals surface area contributed by atoms with Gasteiger partial charge in [0, 0.05) is 11.6 Å². The molecular weight excluding hydrogens is 358 g/mol. The molecule has 2 rings (SSSR count). The molecule has 0 bridgehead atoms. The van der Waals surface area contributed by atoms with Gasteiger partial charge in [0.15, 0.2) is 8.68 Å². The maximum absolute atomic E-state index is 12.1. The van der Waals surface area contributed by atoms with Crippen molar-refractivity contribution in [1.82, 2.24) is 15.5 Å². The lowest BCUT2D eigenvalue weighted by Crippen LogP contribution is -2.30. The Bertz CT molecular complexity index is 635. The summed E-state index contributed by atoms with van der Waals surface area (Å²) in [5.41, 5.74) is 0.910. The molecule has 2 aromatic rings. The van der Waals surface area contributed by atoms with E-state index in [4.69, 9.17) is 11.6 Å². The zero-order valence-electron chi connectivity index (χ0n) is 12.2. The molecule has 1 aromatic heterocycles. The van der Waals surface area contributed by atoms with Gasteiger partial charge in [-0.25, -0.2) is 0 Å². The van der Waals surface area contributed by atoms with E-state index in [-0.39, 0.29) is 11.2 Å². The van der Waals surface area contributed by atoms with E-state index in [0.29, 0.717) is 11.6 Å². The van der Waals surface area contributed by atoms with E-state index in [1.165, 1.54) is 23.1 Å². The lowest BCUT2D eigenvalue weighted by Gasteiger charge is -2.11. The minimum absolute atomic E-state index is 0.0372. The first-order valence-electron chi connectivity index (χ1n) is 6.74. The van der Waals surface area contributed by atoms with E-state index in [1.807, 2.05) is 31.2 Å². The molecule has 0 saturated carbocycles. The number of nitrogens with zero attached hydrogens (tertiary/aromatic N) is 2. The van der Waals surface area contributed by atoms with Crippen molar-refractivity contribution in [2.45, 2.75) is 34.3 Å². The summed E-state index contributed by atoms with van der Waals surface area (Å²) in [4.78, 5) is 12.1. The second-order valence-corrected chi connectivity index (χ2v) is 8.82. The lowest BCUT2D eigenvalue weighted by molar-refractivity contribution is -0.120. The molecule has 1 atom stereocenters. The van der Waals surface area contributed by atoms with E-state index in [1.54, 1.807) is 11.8 Å². The molecule has 1 heterocycles. The Balaban J connectivity index is 1.85. The van der Waals surface area contributed by atoms with Crippen molar-refractivity contribution in [1.29, 1.82) is 0 Å². The largest absolute Gasteiger partial charge is 0.351 e. The molecule has 0 saturated heterocycles. The molecule has 8 heteroatoms. The summed E-state index contributed by atoms with van der Waals surface area (Å²) < 4.78 is 1.75. The van der Waals surface area contributed by atoms with Gasteiger partial charge in [-0.2, -0.15) is 0 Å². The van der Waals surface area contributed by atoms with Crippen LogP contribution in [0.5, 0.6) is 0 Å². The van der Waals surface area contributed by atoms with Gasteiger partial charge >= 0.3 is 0 Å². The number of rotatable bonds is 7. The predicted octanol–water partition coefficient (Wildman–Crippen LogP) is 4.10. The first-order chi connectivity index (χ1) is 10.6. The SMILES string of the molecule is CCSc1nnc(SC(C)C(=O)NCc2ccccc2Cl)s1. The fourth-order valence-corrected chi connectivity index (χ4v) is 4.89. The summed E-state index contributed by atoms with van der Waals surface area (Å²) >= 11 is 10.7. The standard InChI is InChI=1S/C14H16ClN3OS3/c1-3-20-13-17-18-14(22-13)21-9(2)12(19)16-8-10-6-4-5-7-11(10)15/h4-7,9H,3,8H2,1-2H3,(H,16,19). The van der Waals surface area contributed by atoms with Crippen molar-refractivity contribution >= 4 is 52.4 Å². The Morgan fingerprint density at radius 2 is 2.09 bits per heavy atom. The molecule has 0 fully saturated rings. The zero-order valence-corrected chi connectivity index (χ0v) is 15.4. The van der Waals surface area contributed by atoms with E-state index in [2.05, 4.69) is 22.4 Å². The van der Waals surface area contributed by atoms with Crippen LogP contribution >= 0.6 is 46.5 Å². The van der Waals surface area contributed by atoms with E-state index >= 15 is 0 Å². The number of halogens is 1. The van der Waals surface area contributed by atoms with E-state index in [0.717, 1.165) is 20.0 Å². The van der Waals surface area contributed by atoms with Crippen LogP contribution in [0.4, 0.5) is 0 Å². The van der Waals surface area contributed by atoms with Gasteiger partial charge in [0.25, 0.3) is 0 Å². The number of carbonyl (C=O) groups excluding carboxylic acids is 1. The highest BCUT2D eigenvalue weighted by molar-refractivity contribution is 8.03. The van der Waals surface area contributed by atoms with Crippen LogP contribution in [0, 0.1) is 0 Å². The number of benzene rings is 1. The van der Waals surface area contributed by atoms with Gasteiger partial charge in [-0.3, -0.25) is 4.79 Å². The fourth-order valence-electron chi connectivity index (χ4n) is 1.60. The smallest absolute Gasteiger partial charge is 0.233 e. The Morgan fingerprint density at radius 3 is 2.82 bits per heavy atom. The van der Waals surface area contributed by atoms with Crippen LogP contribution in [0.25, 0.3) is 0 Å². The van der Waals surface area contributed by atoms with Crippen LogP contribution in [-0.4, -0.2) is 27.1 Å². The lowest BCUT2D eigenvalue weighted by atomic mass is 10.2. The molecule has 1 unspecified atom stereocenters. The van der Waals surface area contributed by atoms with Gasteiger partial charge in [0.05, 0.1) is 5.25 Å². The van der Waals surface area contributed by atoms with Crippen LogP contribution in [0.3, 0.4) is 0 Å². The number of hydrogen-bond donors (Lipinski definition) is 1. The summed E-state index contributed by atoms with van der Waals surface area (Å²) in [6, 6.07) is 7.49. The third-order valence-electron chi connectivity index (χ3n) is 2.71. The number of thioether (sulfide) groups is 2. The minimum Gasteiger partial charge on any atom is -0.351 e. The number of aromatic nitrogens is 2. The van der Waals surface area contributed by atoms with Crippen molar-refractivity contribution in [2.24, 2.45) is 0 Å². The molecule has 0 radical (unpaired) electrons. The van der Waals surface area contributed by atoms with Crippen molar-refractivity contribution in [3.05, 3.63) is 34.9 Å². The number of hydrogen-bond acceptors (Lipinski definition) is 6. The van der Waals surface area contributed by atoms with Crippen molar-refractivity contribution in [3.63, 3.8) is 0 Å². The average molecular weight is 374 g/mol. The van der Waals surface area contributed by atoms with Crippen LogP contribution in [-0.2, 0) is 11.3 Å². The fraction of sp³-hybridized carbons (Fsp3) is 0.357. The monoisotopic (exact) mass is 373 g/mol. The second kappa shape index (κ2) is 8.76. The van der Waals surface area contributed by atoms with Crippen LogP contribution in [0.1, 0.15) is 19.4 Å². The summed E-state index contributed by atoms with van der Waals surface area (Å²) in [7, 11) is 0. The quantitative estimate of drug-likeness (QED) is 0.740. The first kappa shape index (κ1) is 17.6. The van der Waals surface area contributed by atoms with Gasteiger partial charge in [-0.05, 0) is 24.3 Å². The van der Waals surface area contributed by atoms with E-state index in [9.17, 15) is 4.79 Å². The molecule has 1 aromatic carbocycles. The Morgan fingerprint density at radius 1 is 1.36 bits per heavy atom. The molecule has 0 aliphatic rings. The molecule has 1 amide bonds. The normalized spacial score (nSPS) is 12.1. The summed E-state index contributed by atoms with van der Waals surface area (Å²) in [6.07, 6.45) is 0. The Labute approximate surface area is 147 Å². The number of amides is 1.